The number of fused-ring (bicyclic) bond motifs is 1. The summed E-state index contributed by atoms with van der Waals surface area (Å²) in [6.45, 7) is 3.35. The van der Waals surface area contributed by atoms with Gasteiger partial charge in [-0.1, -0.05) is 48.5 Å². The number of amides is 1. The van der Waals surface area contributed by atoms with Crippen LogP contribution in [0.4, 0.5) is 0 Å². The molecule has 1 aromatic heterocycles. The topological polar surface area (TPSA) is 79.0 Å². The van der Waals surface area contributed by atoms with Crippen LogP contribution in [0.3, 0.4) is 0 Å². The maximum absolute atomic E-state index is 12.4. The number of hydrogen-bond donors (Lipinski definition) is 2. The summed E-state index contributed by atoms with van der Waals surface area (Å²) in [5.74, 6) is -0.146. The number of carbonyl (C=O) groups is 1. The zero-order chi connectivity index (χ0) is 20.3. The van der Waals surface area contributed by atoms with Gasteiger partial charge in [-0.25, -0.2) is 8.42 Å². The molecule has 2 unspecified atom stereocenters. The highest BCUT2D eigenvalue weighted by atomic mass is 32.2. The van der Waals surface area contributed by atoms with Crippen LogP contribution in [0.2, 0.25) is 0 Å². The highest BCUT2D eigenvalue weighted by Crippen LogP contribution is 2.31. The Morgan fingerprint density at radius 3 is 2.36 bits per heavy atom. The van der Waals surface area contributed by atoms with Crippen LogP contribution in [0, 0.1) is 0 Å². The summed E-state index contributed by atoms with van der Waals surface area (Å²) in [7, 11) is -3.20. The van der Waals surface area contributed by atoms with E-state index >= 15 is 0 Å². The molecule has 0 bridgehead atoms. The third kappa shape index (κ3) is 4.44. The second-order valence-electron chi connectivity index (χ2n) is 7.28. The van der Waals surface area contributed by atoms with Crippen molar-refractivity contribution in [2.24, 2.45) is 0 Å². The van der Waals surface area contributed by atoms with Crippen LogP contribution in [-0.2, 0) is 21.1 Å². The van der Waals surface area contributed by atoms with Crippen LogP contribution in [0.25, 0.3) is 22.2 Å². The molecule has 148 valence electrons. The van der Waals surface area contributed by atoms with Crippen molar-refractivity contribution < 1.29 is 13.2 Å². The van der Waals surface area contributed by atoms with E-state index < -0.39 is 21.1 Å². The Morgan fingerprint density at radius 2 is 1.68 bits per heavy atom. The Morgan fingerprint density at radius 1 is 1.04 bits per heavy atom. The molecule has 6 heteroatoms. The molecule has 0 radical (unpaired) electrons. The van der Waals surface area contributed by atoms with Crippen molar-refractivity contribution in [3.63, 3.8) is 0 Å². The van der Waals surface area contributed by atoms with Crippen LogP contribution < -0.4 is 5.32 Å². The number of rotatable bonds is 7. The summed E-state index contributed by atoms with van der Waals surface area (Å²) in [4.78, 5) is 15.9. The van der Waals surface area contributed by atoms with Crippen LogP contribution >= 0.6 is 0 Å². The van der Waals surface area contributed by atoms with Crippen molar-refractivity contribution in [3.8, 4) is 11.3 Å². The van der Waals surface area contributed by atoms with Gasteiger partial charge >= 0.3 is 0 Å². The van der Waals surface area contributed by atoms with E-state index in [2.05, 4.69) is 16.4 Å². The number of carbonyl (C=O) groups excluding carboxylic acids is 1. The molecule has 0 spiro atoms. The molecule has 28 heavy (non-hydrogen) atoms. The fraction of sp³-hybridized carbons (Fsp3) is 0.318. The van der Waals surface area contributed by atoms with Gasteiger partial charge < -0.3 is 10.3 Å². The molecule has 0 aliphatic heterocycles. The Labute approximate surface area is 166 Å². The highest BCUT2D eigenvalue weighted by molar-refractivity contribution is 7.91. The minimum atomic E-state index is -3.20. The normalized spacial score (nSPS) is 14.0. The monoisotopic (exact) mass is 398 g/mol. The summed E-state index contributed by atoms with van der Waals surface area (Å²) in [5.41, 5.74) is 4.23. The second-order valence-corrected chi connectivity index (χ2v) is 9.68. The summed E-state index contributed by atoms with van der Waals surface area (Å²) < 4.78 is 23.4. The molecule has 2 aromatic carbocycles. The summed E-state index contributed by atoms with van der Waals surface area (Å²) >= 11 is 0. The molecule has 2 atom stereocenters. The molecule has 5 nitrogen and oxygen atoms in total. The molecule has 3 aromatic rings. The number of para-hydroxylation sites is 1. The second kappa shape index (κ2) is 8.19. The van der Waals surface area contributed by atoms with E-state index in [1.807, 2.05) is 48.5 Å². The molecule has 1 amide bonds. The van der Waals surface area contributed by atoms with Crippen molar-refractivity contribution in [1.29, 1.82) is 0 Å². The van der Waals surface area contributed by atoms with Gasteiger partial charge in [0.2, 0.25) is 5.91 Å². The molecule has 0 fully saturated rings. The van der Waals surface area contributed by atoms with Crippen molar-refractivity contribution in [2.45, 2.75) is 38.0 Å². The first kappa shape index (κ1) is 20.1. The van der Waals surface area contributed by atoms with E-state index in [1.54, 1.807) is 13.8 Å². The van der Waals surface area contributed by atoms with Gasteiger partial charge in [-0.05, 0) is 37.5 Å². The Hall–Kier alpha value is -2.60. The Kier molecular flexibility index (Phi) is 5.89. The summed E-state index contributed by atoms with van der Waals surface area (Å²) in [6, 6.07) is 17.7. The van der Waals surface area contributed by atoms with Crippen LogP contribution in [0.15, 0.2) is 54.6 Å². The lowest BCUT2D eigenvalue weighted by molar-refractivity contribution is -0.121. The van der Waals surface area contributed by atoms with Crippen molar-refractivity contribution in [3.05, 3.63) is 60.2 Å². The number of sulfone groups is 1. The lowest BCUT2D eigenvalue weighted by Gasteiger charge is -2.19. The first-order valence-electron chi connectivity index (χ1n) is 9.40. The molecule has 2 N–H and O–H groups in total. The first-order chi connectivity index (χ1) is 13.3. The van der Waals surface area contributed by atoms with E-state index in [-0.39, 0.29) is 5.91 Å². The van der Waals surface area contributed by atoms with Crippen molar-refractivity contribution in [1.82, 2.24) is 10.3 Å². The maximum Gasteiger partial charge on any atom is 0.220 e. The molecule has 0 aliphatic rings. The number of hydrogen-bond acceptors (Lipinski definition) is 3. The number of aromatic nitrogens is 1. The summed E-state index contributed by atoms with van der Waals surface area (Å²) in [5, 5.41) is 3.31. The van der Waals surface area contributed by atoms with Crippen molar-refractivity contribution in [2.75, 3.05) is 6.26 Å². The molecular formula is C22H26N2O3S. The van der Waals surface area contributed by atoms with E-state index in [9.17, 15) is 13.2 Å². The quantitative estimate of drug-likeness (QED) is 0.637. The average molecular weight is 399 g/mol. The molecule has 0 saturated heterocycles. The van der Waals surface area contributed by atoms with Gasteiger partial charge in [0.25, 0.3) is 0 Å². The minimum Gasteiger partial charge on any atom is -0.354 e. The zero-order valence-corrected chi connectivity index (χ0v) is 17.2. The van der Waals surface area contributed by atoms with Gasteiger partial charge in [-0.15, -0.1) is 0 Å². The van der Waals surface area contributed by atoms with Gasteiger partial charge in [0.05, 0.1) is 5.25 Å². The molecule has 1 heterocycles. The van der Waals surface area contributed by atoms with Gasteiger partial charge in [-0.2, -0.15) is 0 Å². The minimum absolute atomic E-state index is 0.146. The predicted octanol–water partition coefficient (Wildman–Crippen LogP) is 3.71. The van der Waals surface area contributed by atoms with Gasteiger partial charge in [0.1, 0.15) is 0 Å². The van der Waals surface area contributed by atoms with Crippen molar-refractivity contribution >= 4 is 26.6 Å². The van der Waals surface area contributed by atoms with E-state index in [0.29, 0.717) is 12.8 Å². The first-order valence-corrected chi connectivity index (χ1v) is 11.4. The Bertz CT molecular complexity index is 1070. The fourth-order valence-electron chi connectivity index (χ4n) is 3.36. The largest absolute Gasteiger partial charge is 0.354 e. The maximum atomic E-state index is 12.4. The molecule has 0 aliphatic carbocycles. The average Bonchev–Trinajstić information content (AvgIpc) is 3.04. The van der Waals surface area contributed by atoms with Crippen LogP contribution in [0.5, 0.6) is 0 Å². The Balaban J connectivity index is 1.80. The molecule has 0 saturated carbocycles. The van der Waals surface area contributed by atoms with Gasteiger partial charge in [-0.3, -0.25) is 4.79 Å². The third-order valence-electron chi connectivity index (χ3n) is 5.25. The smallest absolute Gasteiger partial charge is 0.220 e. The van der Waals surface area contributed by atoms with Gasteiger partial charge in [0.15, 0.2) is 9.84 Å². The lowest BCUT2D eigenvalue weighted by atomic mass is 10.0. The number of H-pyrrole nitrogens is 1. The number of nitrogens with one attached hydrogen (secondary N) is 2. The number of aromatic amines is 1. The van der Waals surface area contributed by atoms with Crippen LogP contribution in [-0.4, -0.2) is 36.9 Å². The highest BCUT2D eigenvalue weighted by Gasteiger charge is 2.23. The number of aryl methyl sites for hydroxylation is 1. The third-order valence-corrected chi connectivity index (χ3v) is 7.01. The standard InChI is InChI=1S/C22H26N2O3S/c1-15(16(2)28(3,26)27)23-21(25)14-13-19-18-11-7-8-12-20(18)24-22(19)17-9-5-4-6-10-17/h4-12,15-16,24H,13-14H2,1-3H3,(H,23,25). The van der Waals surface area contributed by atoms with E-state index in [0.717, 1.165) is 27.7 Å². The zero-order valence-electron chi connectivity index (χ0n) is 16.4. The van der Waals surface area contributed by atoms with E-state index in [1.165, 1.54) is 6.26 Å². The van der Waals surface area contributed by atoms with Crippen LogP contribution in [0.1, 0.15) is 25.8 Å². The van der Waals surface area contributed by atoms with Gasteiger partial charge in [0, 0.05) is 35.3 Å². The predicted molar refractivity (Wildman–Crippen MR) is 114 cm³/mol. The molecule has 3 rings (SSSR count). The SMILES string of the molecule is CC(NC(=O)CCc1c(-c2ccccc2)[nH]c2ccccc12)C(C)S(C)(=O)=O. The molecular weight excluding hydrogens is 372 g/mol. The fourth-order valence-corrected chi connectivity index (χ4v) is 4.17. The number of benzene rings is 2. The lowest BCUT2D eigenvalue weighted by Crippen LogP contribution is -2.43. The van der Waals surface area contributed by atoms with E-state index in [4.69, 9.17) is 0 Å². The summed E-state index contributed by atoms with van der Waals surface area (Å²) in [6.07, 6.45) is 2.06.